The Morgan fingerprint density at radius 2 is 1.70 bits per heavy atom. The van der Waals surface area contributed by atoms with Gasteiger partial charge in [0.2, 0.25) is 0 Å². The second kappa shape index (κ2) is 8.94. The molecule has 0 spiro atoms. The van der Waals surface area contributed by atoms with E-state index in [0.29, 0.717) is 6.04 Å². The number of methoxy groups -OCH3 is 2. The van der Waals surface area contributed by atoms with E-state index < -0.39 is 0 Å². The van der Waals surface area contributed by atoms with E-state index in [9.17, 15) is 0 Å². The molecule has 0 saturated heterocycles. The van der Waals surface area contributed by atoms with E-state index in [1.165, 1.54) is 5.56 Å². The molecule has 0 aromatic heterocycles. The number of halogens is 1. The number of benzene rings is 2. The highest BCUT2D eigenvalue weighted by Gasteiger charge is 2.10. The van der Waals surface area contributed by atoms with Crippen LogP contribution in [0.4, 0.5) is 0 Å². The molecule has 3 nitrogen and oxygen atoms in total. The molecule has 2 rings (SSSR count). The maximum atomic E-state index is 5.37. The second-order valence-electron chi connectivity index (χ2n) is 5.60. The highest BCUT2D eigenvalue weighted by atomic mass is 79.9. The van der Waals surface area contributed by atoms with Crippen LogP contribution >= 0.6 is 15.9 Å². The van der Waals surface area contributed by atoms with Gasteiger partial charge < -0.3 is 14.8 Å². The standard InChI is InChI=1S/C19H24BrNO2/c1-14(9-10-15-7-5-4-6-8-15)21-13-16-11-18(22-2)19(23-3)12-17(16)20/h4-8,11-12,14,21H,9-10,13H2,1-3H3. The Bertz CT molecular complexity index is 616. The van der Waals surface area contributed by atoms with Crippen molar-refractivity contribution in [3.8, 4) is 11.5 Å². The topological polar surface area (TPSA) is 30.5 Å². The Hall–Kier alpha value is -1.52. The summed E-state index contributed by atoms with van der Waals surface area (Å²) in [6.07, 6.45) is 2.19. The summed E-state index contributed by atoms with van der Waals surface area (Å²) in [7, 11) is 3.30. The van der Waals surface area contributed by atoms with Crippen molar-refractivity contribution in [3.05, 3.63) is 58.1 Å². The van der Waals surface area contributed by atoms with E-state index in [2.05, 4.69) is 58.5 Å². The molecule has 23 heavy (non-hydrogen) atoms. The van der Waals surface area contributed by atoms with Gasteiger partial charge >= 0.3 is 0 Å². The summed E-state index contributed by atoms with van der Waals surface area (Å²) in [6, 6.07) is 15.0. The molecule has 0 aliphatic rings. The number of hydrogen-bond acceptors (Lipinski definition) is 3. The van der Waals surface area contributed by atoms with Gasteiger partial charge in [-0.25, -0.2) is 0 Å². The van der Waals surface area contributed by atoms with Gasteiger partial charge in [0.25, 0.3) is 0 Å². The molecule has 0 aliphatic carbocycles. The highest BCUT2D eigenvalue weighted by Crippen LogP contribution is 2.33. The molecule has 2 aromatic carbocycles. The number of hydrogen-bond donors (Lipinski definition) is 1. The van der Waals surface area contributed by atoms with Crippen molar-refractivity contribution in [1.82, 2.24) is 5.32 Å². The number of rotatable bonds is 8. The van der Waals surface area contributed by atoms with Crippen molar-refractivity contribution in [2.75, 3.05) is 14.2 Å². The molecule has 1 unspecified atom stereocenters. The van der Waals surface area contributed by atoms with Gasteiger partial charge in [-0.2, -0.15) is 0 Å². The van der Waals surface area contributed by atoms with Gasteiger partial charge in [0, 0.05) is 17.1 Å². The molecular weight excluding hydrogens is 354 g/mol. The van der Waals surface area contributed by atoms with E-state index in [0.717, 1.165) is 40.9 Å². The molecule has 0 aliphatic heterocycles. The first-order valence-electron chi connectivity index (χ1n) is 7.81. The highest BCUT2D eigenvalue weighted by molar-refractivity contribution is 9.10. The first kappa shape index (κ1) is 17.8. The zero-order valence-electron chi connectivity index (χ0n) is 13.9. The van der Waals surface area contributed by atoms with Gasteiger partial charge in [0.1, 0.15) is 0 Å². The van der Waals surface area contributed by atoms with Gasteiger partial charge in [-0.15, -0.1) is 0 Å². The SMILES string of the molecule is COc1cc(Br)c(CNC(C)CCc2ccccc2)cc1OC. The minimum absolute atomic E-state index is 0.440. The van der Waals surface area contributed by atoms with Crippen LogP contribution in [0.3, 0.4) is 0 Å². The fraction of sp³-hybridized carbons (Fsp3) is 0.368. The minimum Gasteiger partial charge on any atom is -0.493 e. The average Bonchev–Trinajstić information content (AvgIpc) is 2.59. The number of nitrogens with one attached hydrogen (secondary N) is 1. The van der Waals surface area contributed by atoms with Crippen LogP contribution in [0.1, 0.15) is 24.5 Å². The van der Waals surface area contributed by atoms with E-state index in [1.807, 2.05) is 12.1 Å². The normalized spacial score (nSPS) is 12.0. The van der Waals surface area contributed by atoms with Gasteiger partial charge in [0.15, 0.2) is 11.5 Å². The average molecular weight is 378 g/mol. The predicted octanol–water partition coefficient (Wildman–Crippen LogP) is 4.58. The van der Waals surface area contributed by atoms with Crippen molar-refractivity contribution in [1.29, 1.82) is 0 Å². The molecule has 124 valence electrons. The maximum absolute atomic E-state index is 5.37. The Kier molecular flexibility index (Phi) is 6.93. The van der Waals surface area contributed by atoms with Crippen molar-refractivity contribution in [2.24, 2.45) is 0 Å². The Balaban J connectivity index is 1.89. The first-order chi connectivity index (χ1) is 11.1. The fourth-order valence-electron chi connectivity index (χ4n) is 2.45. The molecule has 1 N–H and O–H groups in total. The van der Waals surface area contributed by atoms with E-state index in [1.54, 1.807) is 14.2 Å². The molecule has 0 saturated carbocycles. The lowest BCUT2D eigenvalue weighted by Crippen LogP contribution is -2.26. The molecule has 2 aromatic rings. The quantitative estimate of drug-likeness (QED) is 0.730. The lowest BCUT2D eigenvalue weighted by atomic mass is 10.1. The van der Waals surface area contributed by atoms with E-state index >= 15 is 0 Å². The van der Waals surface area contributed by atoms with Crippen LogP contribution in [0.2, 0.25) is 0 Å². The third-order valence-electron chi connectivity index (χ3n) is 3.90. The van der Waals surface area contributed by atoms with Crippen molar-refractivity contribution in [2.45, 2.75) is 32.4 Å². The maximum Gasteiger partial charge on any atom is 0.161 e. The van der Waals surface area contributed by atoms with Gasteiger partial charge in [0.05, 0.1) is 14.2 Å². The predicted molar refractivity (Wildman–Crippen MR) is 98.3 cm³/mol. The summed E-state index contributed by atoms with van der Waals surface area (Å²) in [4.78, 5) is 0. The van der Waals surface area contributed by atoms with Crippen molar-refractivity contribution in [3.63, 3.8) is 0 Å². The second-order valence-corrected chi connectivity index (χ2v) is 6.46. The van der Waals surface area contributed by atoms with Crippen molar-refractivity contribution >= 4 is 15.9 Å². The lowest BCUT2D eigenvalue weighted by Gasteiger charge is -2.16. The van der Waals surface area contributed by atoms with Crippen LogP contribution in [0.15, 0.2) is 46.9 Å². The number of ether oxygens (including phenoxy) is 2. The zero-order chi connectivity index (χ0) is 16.7. The zero-order valence-corrected chi connectivity index (χ0v) is 15.5. The number of aryl methyl sites for hydroxylation is 1. The van der Waals surface area contributed by atoms with Gasteiger partial charge in [-0.05, 0) is 43.0 Å². The Labute approximate surface area is 147 Å². The summed E-state index contributed by atoms with van der Waals surface area (Å²) in [5.74, 6) is 1.49. The van der Waals surface area contributed by atoms with Crippen LogP contribution in [-0.4, -0.2) is 20.3 Å². The molecular formula is C19H24BrNO2. The minimum atomic E-state index is 0.440. The van der Waals surface area contributed by atoms with Gasteiger partial charge in [-0.1, -0.05) is 46.3 Å². The van der Waals surface area contributed by atoms with Crippen molar-refractivity contribution < 1.29 is 9.47 Å². The molecule has 0 bridgehead atoms. The molecule has 0 amide bonds. The first-order valence-corrected chi connectivity index (χ1v) is 8.61. The summed E-state index contributed by atoms with van der Waals surface area (Å²) < 4.78 is 11.7. The van der Waals surface area contributed by atoms with Gasteiger partial charge in [-0.3, -0.25) is 0 Å². The van der Waals surface area contributed by atoms with E-state index in [4.69, 9.17) is 9.47 Å². The smallest absolute Gasteiger partial charge is 0.161 e. The molecule has 0 radical (unpaired) electrons. The Morgan fingerprint density at radius 1 is 1.04 bits per heavy atom. The summed E-state index contributed by atoms with van der Waals surface area (Å²) in [5, 5.41) is 3.57. The van der Waals surface area contributed by atoms with E-state index in [-0.39, 0.29) is 0 Å². The summed E-state index contributed by atoms with van der Waals surface area (Å²) in [6.45, 7) is 3.01. The monoisotopic (exact) mass is 377 g/mol. The van der Waals surface area contributed by atoms with Crippen LogP contribution in [-0.2, 0) is 13.0 Å². The van der Waals surface area contributed by atoms with Crippen LogP contribution in [0.5, 0.6) is 11.5 Å². The third-order valence-corrected chi connectivity index (χ3v) is 4.64. The Morgan fingerprint density at radius 3 is 2.35 bits per heavy atom. The summed E-state index contributed by atoms with van der Waals surface area (Å²) in [5.41, 5.74) is 2.54. The lowest BCUT2D eigenvalue weighted by molar-refractivity contribution is 0.354. The molecule has 4 heteroatoms. The van der Waals surface area contributed by atoms with Crippen LogP contribution in [0, 0.1) is 0 Å². The molecule has 1 atom stereocenters. The van der Waals surface area contributed by atoms with Crippen LogP contribution < -0.4 is 14.8 Å². The summed E-state index contributed by atoms with van der Waals surface area (Å²) >= 11 is 3.60. The molecule has 0 heterocycles. The fourth-order valence-corrected chi connectivity index (χ4v) is 2.91. The third kappa shape index (κ3) is 5.26. The largest absolute Gasteiger partial charge is 0.493 e. The van der Waals surface area contributed by atoms with Crippen LogP contribution in [0.25, 0.3) is 0 Å². The molecule has 0 fully saturated rings.